The molecule has 2 fully saturated rings. The minimum atomic E-state index is -0.0151. The van der Waals surface area contributed by atoms with E-state index in [1.165, 1.54) is 24.1 Å². The van der Waals surface area contributed by atoms with Crippen molar-refractivity contribution in [2.75, 3.05) is 29.9 Å². The van der Waals surface area contributed by atoms with Gasteiger partial charge in [-0.25, -0.2) is 0 Å². The predicted octanol–water partition coefficient (Wildman–Crippen LogP) is 3.59. The first-order valence-corrected chi connectivity index (χ1v) is 10.2. The molecular formula is C22H24ClN3OSe. The van der Waals surface area contributed by atoms with E-state index in [1.54, 1.807) is 4.90 Å². The Kier molecular flexibility index (Phi) is 6.29. The van der Waals surface area contributed by atoms with Crippen LogP contribution in [0.3, 0.4) is 0 Å². The van der Waals surface area contributed by atoms with E-state index < -0.39 is 0 Å². The maximum Gasteiger partial charge on any atom is -0.147 e. The average Bonchev–Trinajstić information content (AvgIpc) is 3.28. The smallest absolute Gasteiger partial charge is 0.147 e. The van der Waals surface area contributed by atoms with Crippen LogP contribution in [0.25, 0.3) is 6.08 Å². The summed E-state index contributed by atoms with van der Waals surface area (Å²) >= 11 is 3.04. The van der Waals surface area contributed by atoms with Crippen LogP contribution in [0.4, 0.5) is 11.4 Å². The van der Waals surface area contributed by atoms with Crippen molar-refractivity contribution < 1.29 is 4.79 Å². The van der Waals surface area contributed by atoms with Crippen molar-refractivity contribution in [3.63, 3.8) is 0 Å². The molecule has 0 aliphatic carbocycles. The van der Waals surface area contributed by atoms with Gasteiger partial charge in [0.2, 0.25) is 0 Å². The van der Waals surface area contributed by atoms with Gasteiger partial charge in [-0.05, 0) is 0 Å². The van der Waals surface area contributed by atoms with Gasteiger partial charge in [-0.1, -0.05) is 0 Å². The minimum Gasteiger partial charge on any atom is -0.147 e. The van der Waals surface area contributed by atoms with E-state index in [1.807, 2.05) is 49.2 Å². The fourth-order valence-electron chi connectivity index (χ4n) is 3.59. The summed E-state index contributed by atoms with van der Waals surface area (Å²) in [7, 11) is 1.92. The summed E-state index contributed by atoms with van der Waals surface area (Å²) in [5, 5.41) is 0. The average molecular weight is 461 g/mol. The van der Waals surface area contributed by atoms with Gasteiger partial charge in [-0.2, -0.15) is 0 Å². The van der Waals surface area contributed by atoms with E-state index in [4.69, 9.17) is 0 Å². The van der Waals surface area contributed by atoms with Gasteiger partial charge >= 0.3 is 168 Å². The van der Waals surface area contributed by atoms with E-state index in [-0.39, 0.29) is 18.3 Å². The Hall–Kier alpha value is -2.07. The summed E-state index contributed by atoms with van der Waals surface area (Å²) in [5.74, 6) is -0.0151. The van der Waals surface area contributed by atoms with Crippen molar-refractivity contribution in [1.82, 2.24) is 4.90 Å². The van der Waals surface area contributed by atoms with E-state index in [9.17, 15) is 4.79 Å². The van der Waals surface area contributed by atoms with Crippen molar-refractivity contribution in [1.29, 1.82) is 0 Å². The minimum absolute atomic E-state index is 0. The Labute approximate surface area is 180 Å². The molecule has 146 valence electrons. The van der Waals surface area contributed by atoms with Crippen LogP contribution in [0.2, 0.25) is 0 Å². The molecule has 2 aromatic rings. The number of halogens is 1. The Bertz CT molecular complexity index is 902. The number of carbonyl (C=O) groups excluding carboxylic acids is 1. The second kappa shape index (κ2) is 8.52. The van der Waals surface area contributed by atoms with Crippen LogP contribution in [-0.2, 0) is 4.79 Å². The molecule has 2 aliphatic rings. The number of likely N-dealkylation sites (N-methyl/N-ethyl adjacent to an activating group) is 1. The predicted molar refractivity (Wildman–Crippen MR) is 120 cm³/mol. The van der Waals surface area contributed by atoms with E-state index >= 15 is 0 Å². The Morgan fingerprint density at radius 3 is 2.11 bits per heavy atom. The third-order valence-corrected chi connectivity index (χ3v) is 6.18. The normalized spacial score (nSPS) is 18.2. The Balaban J connectivity index is 0.00000225. The summed E-state index contributed by atoms with van der Waals surface area (Å²) in [6.07, 6.45) is 4.50. The standard InChI is InChI=1S/C22H23N3OSe.ClH/c1-16-5-9-19(10-6-16)25-21(26)20(23(2)22(25)27)15-17-7-11-18(12-8-17)24-13-3-4-14-24;/h5-12,15H,3-4,13-14H2,1-2H3;1H. The monoisotopic (exact) mass is 461 g/mol. The number of aryl methyl sites for hydroxylation is 1. The molecule has 0 atom stereocenters. The Morgan fingerprint density at radius 2 is 1.50 bits per heavy atom. The van der Waals surface area contributed by atoms with Gasteiger partial charge in [0.15, 0.2) is 0 Å². The molecule has 2 heterocycles. The largest absolute Gasteiger partial charge is 0.147 e. The molecule has 4 rings (SSSR count). The molecule has 6 heteroatoms. The van der Waals surface area contributed by atoms with Crippen molar-refractivity contribution in [2.24, 2.45) is 0 Å². The van der Waals surface area contributed by atoms with E-state index in [0.717, 1.165) is 29.0 Å². The van der Waals surface area contributed by atoms with Gasteiger partial charge in [0.05, 0.1) is 0 Å². The zero-order valence-electron chi connectivity index (χ0n) is 16.1. The van der Waals surface area contributed by atoms with Gasteiger partial charge in [-0.3, -0.25) is 0 Å². The molecule has 0 N–H and O–H groups in total. The number of amides is 1. The van der Waals surface area contributed by atoms with Crippen LogP contribution in [0.5, 0.6) is 0 Å². The van der Waals surface area contributed by atoms with Crippen LogP contribution in [-0.4, -0.2) is 51.2 Å². The molecule has 0 aromatic heterocycles. The maximum absolute atomic E-state index is 13.1. The van der Waals surface area contributed by atoms with Gasteiger partial charge in [0.25, 0.3) is 0 Å². The number of anilines is 2. The topological polar surface area (TPSA) is 26.8 Å². The second-order valence-corrected chi connectivity index (χ2v) is 7.90. The number of benzene rings is 2. The molecule has 0 radical (unpaired) electrons. The molecule has 1 amide bonds. The summed E-state index contributed by atoms with van der Waals surface area (Å²) in [6.45, 7) is 4.32. The number of carbonyl (C=O) groups is 1. The van der Waals surface area contributed by atoms with Crippen molar-refractivity contribution >= 4 is 56.0 Å². The van der Waals surface area contributed by atoms with E-state index in [2.05, 4.69) is 44.7 Å². The summed E-state index contributed by atoms with van der Waals surface area (Å²) in [6, 6.07) is 16.5. The molecular weight excluding hydrogens is 437 g/mol. The van der Waals surface area contributed by atoms with Gasteiger partial charge < -0.3 is 0 Å². The third kappa shape index (κ3) is 3.88. The summed E-state index contributed by atoms with van der Waals surface area (Å²) in [4.78, 5) is 19.1. The van der Waals surface area contributed by atoms with Crippen molar-refractivity contribution in [3.05, 3.63) is 65.4 Å². The molecule has 2 aromatic carbocycles. The fourth-order valence-corrected chi connectivity index (χ4v) is 4.19. The zero-order valence-corrected chi connectivity index (χ0v) is 18.6. The second-order valence-electron chi connectivity index (χ2n) is 7.13. The number of hydrogen-bond acceptors (Lipinski definition) is 3. The Morgan fingerprint density at radius 1 is 0.929 bits per heavy atom. The van der Waals surface area contributed by atoms with Gasteiger partial charge in [-0.15, -0.1) is 12.4 Å². The molecule has 4 nitrogen and oxygen atoms in total. The van der Waals surface area contributed by atoms with E-state index in [0.29, 0.717) is 5.70 Å². The van der Waals surface area contributed by atoms with Crippen LogP contribution >= 0.6 is 12.4 Å². The van der Waals surface area contributed by atoms with Crippen molar-refractivity contribution in [3.8, 4) is 0 Å². The molecule has 2 aliphatic heterocycles. The first kappa shape index (κ1) is 20.7. The molecule has 0 unspecified atom stereocenters. The van der Waals surface area contributed by atoms with Gasteiger partial charge in [0.1, 0.15) is 0 Å². The molecule has 28 heavy (non-hydrogen) atoms. The summed E-state index contributed by atoms with van der Waals surface area (Å²) in [5.41, 5.74) is 5.01. The number of nitrogens with zero attached hydrogens (tertiary/aromatic N) is 3. The molecule has 2 saturated heterocycles. The van der Waals surface area contributed by atoms with Crippen molar-refractivity contribution in [2.45, 2.75) is 19.8 Å². The number of rotatable bonds is 3. The van der Waals surface area contributed by atoms with Crippen LogP contribution in [0, 0.1) is 6.92 Å². The molecule has 0 spiro atoms. The molecule has 0 saturated carbocycles. The van der Waals surface area contributed by atoms with Gasteiger partial charge in [0, 0.05) is 0 Å². The molecule has 0 bridgehead atoms. The zero-order chi connectivity index (χ0) is 19.0. The van der Waals surface area contributed by atoms with Crippen LogP contribution in [0.1, 0.15) is 24.0 Å². The third-order valence-electron chi connectivity index (χ3n) is 5.22. The fraction of sp³-hybridized carbons (Fsp3) is 0.273. The number of hydrogen-bond donors (Lipinski definition) is 0. The quantitative estimate of drug-likeness (QED) is 0.517. The summed E-state index contributed by atoms with van der Waals surface area (Å²) < 4.78 is 0.795. The first-order valence-electron chi connectivity index (χ1n) is 9.30. The maximum atomic E-state index is 13.1. The first-order chi connectivity index (χ1) is 13.0. The van der Waals surface area contributed by atoms with Crippen LogP contribution in [0.15, 0.2) is 54.2 Å². The SMILES string of the molecule is Cc1ccc(N2C(=O)C(=Cc3ccc(N4CCCC4)cc3)N(C)C2=[Se])cc1.Cl. The van der Waals surface area contributed by atoms with Crippen LogP contribution < -0.4 is 9.80 Å².